The highest BCUT2D eigenvalue weighted by molar-refractivity contribution is 5.95. The van der Waals surface area contributed by atoms with Crippen LogP contribution in [0.5, 0.6) is 11.5 Å². The number of nitrogens with one attached hydrogen (secondary N) is 2. The molecule has 0 bridgehead atoms. The van der Waals surface area contributed by atoms with Crippen LogP contribution >= 0.6 is 0 Å². The first kappa shape index (κ1) is 21.4. The van der Waals surface area contributed by atoms with Crippen LogP contribution in [0.4, 0.5) is 5.69 Å². The highest BCUT2D eigenvalue weighted by Gasteiger charge is 2.21. The first-order valence-electron chi connectivity index (χ1n) is 9.91. The Bertz CT molecular complexity index is 949. The predicted molar refractivity (Wildman–Crippen MR) is 120 cm³/mol. The maximum Gasteiger partial charge on any atom is 0.241 e. The average Bonchev–Trinajstić information content (AvgIpc) is 2.78. The van der Waals surface area contributed by atoms with Crippen LogP contribution in [0.3, 0.4) is 0 Å². The summed E-state index contributed by atoms with van der Waals surface area (Å²) < 4.78 is 10.6. The molecule has 2 atom stereocenters. The summed E-state index contributed by atoms with van der Waals surface area (Å²) in [7, 11) is 3.16. The Kier molecular flexibility index (Phi) is 7.09. The normalized spacial score (nSPS) is 12.7. The molecule has 0 aromatic heterocycles. The molecule has 0 aliphatic heterocycles. The molecule has 30 heavy (non-hydrogen) atoms. The number of hydrogen-bond acceptors (Lipinski definition) is 4. The molecule has 0 aliphatic carbocycles. The summed E-state index contributed by atoms with van der Waals surface area (Å²) in [6, 6.07) is 23.2. The van der Waals surface area contributed by atoms with Gasteiger partial charge >= 0.3 is 0 Å². The van der Waals surface area contributed by atoms with Crippen LogP contribution in [0.1, 0.15) is 29.7 Å². The molecular weight excluding hydrogens is 376 g/mol. The van der Waals surface area contributed by atoms with E-state index in [1.807, 2.05) is 25.1 Å². The standard InChI is InChI=1S/C25H28N2O3/c1-17-10-12-20(13-11-17)24(19-8-6-5-7-9-19)26-18(2)25(28)27-21-14-22(29-3)16-23(15-21)30-4/h5-16,18,24,26H,1-4H3,(H,27,28). The Morgan fingerprint density at radius 1 is 0.833 bits per heavy atom. The minimum Gasteiger partial charge on any atom is -0.497 e. The lowest BCUT2D eigenvalue weighted by Gasteiger charge is -2.24. The fourth-order valence-corrected chi connectivity index (χ4v) is 3.25. The van der Waals surface area contributed by atoms with E-state index < -0.39 is 6.04 Å². The van der Waals surface area contributed by atoms with Gasteiger partial charge in [0.05, 0.1) is 26.3 Å². The lowest BCUT2D eigenvalue weighted by Crippen LogP contribution is -2.40. The zero-order valence-electron chi connectivity index (χ0n) is 17.8. The first-order chi connectivity index (χ1) is 14.5. The van der Waals surface area contributed by atoms with Gasteiger partial charge in [-0.15, -0.1) is 0 Å². The third-order valence-corrected chi connectivity index (χ3v) is 4.97. The quantitative estimate of drug-likeness (QED) is 0.570. The number of rotatable bonds is 8. The fourth-order valence-electron chi connectivity index (χ4n) is 3.25. The molecule has 0 heterocycles. The van der Waals surface area contributed by atoms with Crippen LogP contribution in [-0.2, 0) is 4.79 Å². The molecule has 3 aromatic rings. The second-order valence-electron chi connectivity index (χ2n) is 7.23. The number of amides is 1. The zero-order chi connectivity index (χ0) is 21.5. The van der Waals surface area contributed by atoms with Crippen molar-refractivity contribution in [2.24, 2.45) is 0 Å². The molecule has 3 aromatic carbocycles. The van der Waals surface area contributed by atoms with Gasteiger partial charge in [0.1, 0.15) is 11.5 Å². The minimum absolute atomic E-state index is 0.104. The van der Waals surface area contributed by atoms with Crippen molar-refractivity contribution < 1.29 is 14.3 Å². The molecule has 2 N–H and O–H groups in total. The molecule has 0 aliphatic rings. The number of hydrogen-bond donors (Lipinski definition) is 2. The highest BCUT2D eigenvalue weighted by atomic mass is 16.5. The molecule has 0 fully saturated rings. The van der Waals surface area contributed by atoms with Gasteiger partial charge in [-0.05, 0) is 25.0 Å². The number of benzene rings is 3. The average molecular weight is 405 g/mol. The summed E-state index contributed by atoms with van der Waals surface area (Å²) in [6.45, 7) is 3.92. The second-order valence-corrected chi connectivity index (χ2v) is 7.23. The van der Waals surface area contributed by atoms with Crippen molar-refractivity contribution in [3.63, 3.8) is 0 Å². The van der Waals surface area contributed by atoms with E-state index in [1.165, 1.54) is 5.56 Å². The molecule has 3 rings (SSSR count). The predicted octanol–water partition coefficient (Wildman–Crippen LogP) is 4.72. The number of carbonyl (C=O) groups excluding carboxylic acids is 1. The summed E-state index contributed by atoms with van der Waals surface area (Å²) in [6.07, 6.45) is 0. The number of ether oxygens (including phenoxy) is 2. The first-order valence-corrected chi connectivity index (χ1v) is 9.91. The maximum absolute atomic E-state index is 12.9. The summed E-state index contributed by atoms with van der Waals surface area (Å²) >= 11 is 0. The van der Waals surface area contributed by atoms with Crippen molar-refractivity contribution in [2.75, 3.05) is 19.5 Å². The van der Waals surface area contributed by atoms with Crippen molar-refractivity contribution in [1.82, 2.24) is 5.32 Å². The van der Waals surface area contributed by atoms with Gasteiger partial charge in [0.15, 0.2) is 0 Å². The highest BCUT2D eigenvalue weighted by Crippen LogP contribution is 2.26. The monoisotopic (exact) mass is 404 g/mol. The lowest BCUT2D eigenvalue weighted by molar-refractivity contribution is -0.117. The maximum atomic E-state index is 12.9. The smallest absolute Gasteiger partial charge is 0.241 e. The number of anilines is 1. The van der Waals surface area contributed by atoms with E-state index in [9.17, 15) is 4.79 Å². The fraction of sp³-hybridized carbons (Fsp3) is 0.240. The van der Waals surface area contributed by atoms with Gasteiger partial charge in [0, 0.05) is 23.9 Å². The molecular formula is C25H28N2O3. The molecule has 0 spiro atoms. The van der Waals surface area contributed by atoms with Gasteiger partial charge in [0.25, 0.3) is 0 Å². The Labute approximate surface area is 178 Å². The van der Waals surface area contributed by atoms with Crippen molar-refractivity contribution in [3.05, 3.63) is 89.5 Å². The number of methoxy groups -OCH3 is 2. The largest absolute Gasteiger partial charge is 0.497 e. The van der Waals surface area contributed by atoms with Gasteiger partial charge < -0.3 is 14.8 Å². The number of carbonyl (C=O) groups is 1. The molecule has 0 saturated carbocycles. The van der Waals surface area contributed by atoms with E-state index in [0.717, 1.165) is 11.1 Å². The van der Waals surface area contributed by atoms with Crippen molar-refractivity contribution in [2.45, 2.75) is 25.9 Å². The zero-order valence-corrected chi connectivity index (χ0v) is 17.8. The van der Waals surface area contributed by atoms with Crippen LogP contribution < -0.4 is 20.1 Å². The summed E-state index contributed by atoms with van der Waals surface area (Å²) in [4.78, 5) is 12.9. The van der Waals surface area contributed by atoms with E-state index in [4.69, 9.17) is 9.47 Å². The van der Waals surface area contributed by atoms with Crippen molar-refractivity contribution in [3.8, 4) is 11.5 Å². The summed E-state index contributed by atoms with van der Waals surface area (Å²) in [5.74, 6) is 1.09. The van der Waals surface area contributed by atoms with Crippen LogP contribution in [0, 0.1) is 6.92 Å². The topological polar surface area (TPSA) is 59.6 Å². The summed E-state index contributed by atoms with van der Waals surface area (Å²) in [5.41, 5.74) is 4.03. The molecule has 0 saturated heterocycles. The molecule has 1 amide bonds. The van der Waals surface area contributed by atoms with Crippen molar-refractivity contribution in [1.29, 1.82) is 0 Å². The van der Waals surface area contributed by atoms with Crippen LogP contribution in [0.15, 0.2) is 72.8 Å². The van der Waals surface area contributed by atoms with Crippen LogP contribution in [0.2, 0.25) is 0 Å². The Morgan fingerprint density at radius 3 is 1.97 bits per heavy atom. The van der Waals surface area contributed by atoms with E-state index in [1.54, 1.807) is 32.4 Å². The van der Waals surface area contributed by atoms with E-state index in [0.29, 0.717) is 17.2 Å². The SMILES string of the molecule is COc1cc(NC(=O)C(C)NC(c2ccccc2)c2ccc(C)cc2)cc(OC)c1. The van der Waals surface area contributed by atoms with Gasteiger partial charge in [-0.1, -0.05) is 60.2 Å². The van der Waals surface area contributed by atoms with Crippen LogP contribution in [-0.4, -0.2) is 26.2 Å². The van der Waals surface area contributed by atoms with Crippen molar-refractivity contribution >= 4 is 11.6 Å². The third-order valence-electron chi connectivity index (χ3n) is 4.97. The van der Waals surface area contributed by atoms with E-state index >= 15 is 0 Å². The lowest BCUT2D eigenvalue weighted by atomic mass is 9.97. The Morgan fingerprint density at radius 2 is 1.40 bits per heavy atom. The molecule has 5 heteroatoms. The van der Waals surface area contributed by atoms with Crippen LogP contribution in [0.25, 0.3) is 0 Å². The van der Waals surface area contributed by atoms with E-state index in [2.05, 4.69) is 54.0 Å². The molecule has 2 unspecified atom stereocenters. The van der Waals surface area contributed by atoms with Gasteiger partial charge in [-0.3, -0.25) is 10.1 Å². The molecule has 0 radical (unpaired) electrons. The van der Waals surface area contributed by atoms with E-state index in [-0.39, 0.29) is 11.9 Å². The van der Waals surface area contributed by atoms with Gasteiger partial charge in [-0.25, -0.2) is 0 Å². The third kappa shape index (κ3) is 5.39. The number of aryl methyl sites for hydroxylation is 1. The Balaban J connectivity index is 1.79. The Hall–Kier alpha value is -3.31. The second kappa shape index (κ2) is 9.94. The minimum atomic E-state index is -0.436. The molecule has 5 nitrogen and oxygen atoms in total. The molecule has 156 valence electrons. The summed E-state index contributed by atoms with van der Waals surface area (Å²) in [5, 5.41) is 6.42. The van der Waals surface area contributed by atoms with Gasteiger partial charge in [-0.2, -0.15) is 0 Å². The van der Waals surface area contributed by atoms with Gasteiger partial charge in [0.2, 0.25) is 5.91 Å².